The molecule has 0 bridgehead atoms. The van der Waals surface area contributed by atoms with Gasteiger partial charge in [0.1, 0.15) is 0 Å². The standard InChI is InChI=1S/C41H83NO4/c1-3-5-7-9-11-13-15-17-19-21-23-25-27-29-31-33-37-45-39-40(35-36-42-41(43)44)46-38-34-32-30-28-26-24-22-20-18-16-14-12-10-8-6-4-2/h40,42H,3-39H2,1-2H3,(H,43,44). The predicted octanol–water partition coefficient (Wildman–Crippen LogP) is 13.6. The Balaban J connectivity index is 3.59. The molecule has 0 aromatic rings. The summed E-state index contributed by atoms with van der Waals surface area (Å²) in [5, 5.41) is 11.4. The van der Waals surface area contributed by atoms with Crippen LogP contribution in [0.1, 0.15) is 226 Å². The first-order chi connectivity index (χ1) is 22.7. The molecule has 5 nitrogen and oxygen atoms in total. The van der Waals surface area contributed by atoms with Gasteiger partial charge in [-0.1, -0.05) is 206 Å². The molecule has 0 fully saturated rings. The molecular formula is C41H83NO4. The fraction of sp³-hybridized carbons (Fsp3) is 0.976. The Bertz CT molecular complexity index is 573. The maximum Gasteiger partial charge on any atom is 0.404 e. The number of unbranched alkanes of at least 4 members (excludes halogenated alkanes) is 30. The van der Waals surface area contributed by atoms with Gasteiger partial charge in [0.15, 0.2) is 0 Å². The van der Waals surface area contributed by atoms with E-state index in [-0.39, 0.29) is 6.10 Å². The second-order valence-electron chi connectivity index (χ2n) is 14.2. The van der Waals surface area contributed by atoms with Crippen molar-refractivity contribution < 1.29 is 19.4 Å². The molecule has 5 heteroatoms. The summed E-state index contributed by atoms with van der Waals surface area (Å²) in [6.45, 7) is 7.09. The van der Waals surface area contributed by atoms with Crippen LogP contribution < -0.4 is 5.32 Å². The molecule has 1 amide bonds. The van der Waals surface area contributed by atoms with E-state index in [2.05, 4.69) is 19.2 Å². The summed E-state index contributed by atoms with van der Waals surface area (Å²) >= 11 is 0. The van der Waals surface area contributed by atoms with Crippen LogP contribution in [-0.4, -0.2) is 43.7 Å². The van der Waals surface area contributed by atoms with Crippen molar-refractivity contribution in [1.82, 2.24) is 5.32 Å². The zero-order chi connectivity index (χ0) is 33.4. The zero-order valence-electron chi connectivity index (χ0n) is 31.4. The molecule has 0 saturated heterocycles. The summed E-state index contributed by atoms with van der Waals surface area (Å²) in [6, 6.07) is 0. The van der Waals surface area contributed by atoms with Crippen LogP contribution in [-0.2, 0) is 9.47 Å². The first-order valence-electron chi connectivity index (χ1n) is 20.9. The van der Waals surface area contributed by atoms with Gasteiger partial charge in [0.2, 0.25) is 0 Å². The van der Waals surface area contributed by atoms with E-state index in [0.717, 1.165) is 26.1 Å². The van der Waals surface area contributed by atoms with Gasteiger partial charge in [0.25, 0.3) is 0 Å². The van der Waals surface area contributed by atoms with Crippen LogP contribution in [0.2, 0.25) is 0 Å². The second kappa shape index (κ2) is 40.4. The Morgan fingerprint density at radius 3 is 1.11 bits per heavy atom. The Labute approximate surface area is 288 Å². The molecule has 0 heterocycles. The summed E-state index contributed by atoms with van der Waals surface area (Å²) in [6.07, 6.45) is 43.6. The Hall–Kier alpha value is -0.810. The highest BCUT2D eigenvalue weighted by Crippen LogP contribution is 2.15. The third-order valence-corrected chi connectivity index (χ3v) is 9.54. The third-order valence-electron chi connectivity index (χ3n) is 9.54. The van der Waals surface area contributed by atoms with Gasteiger partial charge >= 0.3 is 6.09 Å². The zero-order valence-corrected chi connectivity index (χ0v) is 31.4. The number of carboxylic acid groups (broad SMARTS) is 1. The topological polar surface area (TPSA) is 67.8 Å². The van der Waals surface area contributed by atoms with Crippen LogP contribution in [0.15, 0.2) is 0 Å². The molecular weight excluding hydrogens is 570 g/mol. The number of ether oxygens (including phenoxy) is 2. The molecule has 0 aliphatic rings. The first-order valence-corrected chi connectivity index (χ1v) is 20.9. The van der Waals surface area contributed by atoms with Crippen LogP contribution in [0.4, 0.5) is 4.79 Å². The van der Waals surface area contributed by atoms with Crippen molar-refractivity contribution in [3.63, 3.8) is 0 Å². The molecule has 0 radical (unpaired) electrons. The van der Waals surface area contributed by atoms with E-state index >= 15 is 0 Å². The van der Waals surface area contributed by atoms with Crippen molar-refractivity contribution in [1.29, 1.82) is 0 Å². The van der Waals surface area contributed by atoms with E-state index in [9.17, 15) is 4.79 Å². The molecule has 0 aromatic heterocycles. The van der Waals surface area contributed by atoms with Gasteiger partial charge in [-0.25, -0.2) is 4.79 Å². The quantitative estimate of drug-likeness (QED) is 0.0646. The number of rotatable bonds is 40. The highest BCUT2D eigenvalue weighted by Gasteiger charge is 2.10. The first kappa shape index (κ1) is 45.2. The van der Waals surface area contributed by atoms with E-state index in [1.54, 1.807) is 0 Å². The van der Waals surface area contributed by atoms with E-state index in [4.69, 9.17) is 14.6 Å². The van der Waals surface area contributed by atoms with Crippen molar-refractivity contribution in [2.45, 2.75) is 232 Å². The minimum absolute atomic E-state index is 0.0238. The van der Waals surface area contributed by atoms with Gasteiger partial charge in [-0.3, -0.25) is 0 Å². The van der Waals surface area contributed by atoms with E-state index in [0.29, 0.717) is 19.6 Å². The molecule has 0 saturated carbocycles. The lowest BCUT2D eigenvalue weighted by atomic mass is 10.0. The maximum absolute atomic E-state index is 10.9. The van der Waals surface area contributed by atoms with Gasteiger partial charge < -0.3 is 19.9 Å². The van der Waals surface area contributed by atoms with Crippen LogP contribution in [0.25, 0.3) is 0 Å². The summed E-state index contributed by atoms with van der Waals surface area (Å²) < 4.78 is 12.1. The molecule has 0 rings (SSSR count). The van der Waals surface area contributed by atoms with Crippen molar-refractivity contribution in [2.75, 3.05) is 26.4 Å². The van der Waals surface area contributed by atoms with Crippen molar-refractivity contribution >= 4 is 6.09 Å². The van der Waals surface area contributed by atoms with Crippen LogP contribution in [0.3, 0.4) is 0 Å². The average molecular weight is 654 g/mol. The number of amides is 1. The fourth-order valence-electron chi connectivity index (χ4n) is 6.42. The number of hydrogen-bond acceptors (Lipinski definition) is 3. The minimum Gasteiger partial charge on any atom is -0.465 e. The van der Waals surface area contributed by atoms with Gasteiger partial charge in [0, 0.05) is 19.8 Å². The number of hydrogen-bond donors (Lipinski definition) is 2. The molecule has 0 aromatic carbocycles. The van der Waals surface area contributed by atoms with Gasteiger partial charge in [0.05, 0.1) is 12.7 Å². The molecule has 1 unspecified atom stereocenters. The van der Waals surface area contributed by atoms with Crippen molar-refractivity contribution in [2.24, 2.45) is 0 Å². The molecule has 46 heavy (non-hydrogen) atoms. The second-order valence-corrected chi connectivity index (χ2v) is 14.2. The molecule has 0 spiro atoms. The van der Waals surface area contributed by atoms with Gasteiger partial charge in [-0.15, -0.1) is 0 Å². The van der Waals surface area contributed by atoms with Gasteiger partial charge in [-0.05, 0) is 19.3 Å². The third kappa shape index (κ3) is 39.4. The summed E-state index contributed by atoms with van der Waals surface area (Å²) in [4.78, 5) is 10.9. The SMILES string of the molecule is CCCCCCCCCCCCCCCCCCOCC(CCNC(=O)O)OCCCCCCCCCCCCCCCCCC. The lowest BCUT2D eigenvalue weighted by Gasteiger charge is -2.18. The Morgan fingerprint density at radius 1 is 0.478 bits per heavy atom. The van der Waals surface area contributed by atoms with Crippen LogP contribution >= 0.6 is 0 Å². The lowest BCUT2D eigenvalue weighted by Crippen LogP contribution is -2.29. The van der Waals surface area contributed by atoms with Crippen LogP contribution in [0.5, 0.6) is 0 Å². The summed E-state index contributed by atoms with van der Waals surface area (Å²) in [5.41, 5.74) is 0. The summed E-state index contributed by atoms with van der Waals surface area (Å²) in [5.74, 6) is 0. The minimum atomic E-state index is -0.967. The largest absolute Gasteiger partial charge is 0.465 e. The van der Waals surface area contributed by atoms with Crippen LogP contribution in [0, 0.1) is 0 Å². The summed E-state index contributed by atoms with van der Waals surface area (Å²) in [7, 11) is 0. The van der Waals surface area contributed by atoms with Crippen molar-refractivity contribution in [3.8, 4) is 0 Å². The normalized spacial score (nSPS) is 12.1. The van der Waals surface area contributed by atoms with E-state index in [1.807, 2.05) is 0 Å². The Morgan fingerprint density at radius 2 is 0.783 bits per heavy atom. The highest BCUT2D eigenvalue weighted by atomic mass is 16.5. The maximum atomic E-state index is 10.9. The van der Waals surface area contributed by atoms with Crippen molar-refractivity contribution in [3.05, 3.63) is 0 Å². The lowest BCUT2D eigenvalue weighted by molar-refractivity contribution is -0.0219. The predicted molar refractivity (Wildman–Crippen MR) is 200 cm³/mol. The molecule has 2 N–H and O–H groups in total. The average Bonchev–Trinajstić information content (AvgIpc) is 3.05. The van der Waals surface area contributed by atoms with Gasteiger partial charge in [-0.2, -0.15) is 0 Å². The van der Waals surface area contributed by atoms with E-state index < -0.39 is 6.09 Å². The molecule has 276 valence electrons. The fourth-order valence-corrected chi connectivity index (χ4v) is 6.42. The smallest absolute Gasteiger partial charge is 0.404 e. The van der Waals surface area contributed by atoms with E-state index in [1.165, 1.54) is 193 Å². The number of nitrogens with one attached hydrogen (secondary N) is 1. The Kier molecular flexibility index (Phi) is 39.7. The molecule has 1 atom stereocenters. The molecule has 0 aliphatic carbocycles. The highest BCUT2D eigenvalue weighted by molar-refractivity contribution is 5.64. The monoisotopic (exact) mass is 654 g/mol. The molecule has 0 aliphatic heterocycles. The number of carbonyl (C=O) groups is 1.